The predicted molar refractivity (Wildman–Crippen MR) is 21.4 cm³/mol. The van der Waals surface area contributed by atoms with Gasteiger partial charge in [0.25, 0.3) is 5.92 Å². The maximum atomic E-state index is 11.6. The van der Waals surface area contributed by atoms with Crippen molar-refractivity contribution < 1.29 is 58.4 Å². The van der Waals surface area contributed by atoms with Crippen molar-refractivity contribution in [1.29, 1.82) is 0 Å². The maximum Gasteiger partial charge on any atom is 1.00 e. The molecule has 0 aromatic rings. The van der Waals surface area contributed by atoms with Gasteiger partial charge in [0.15, 0.2) is 0 Å². The van der Waals surface area contributed by atoms with Crippen LogP contribution in [0.5, 0.6) is 0 Å². The zero-order valence-electron chi connectivity index (χ0n) is 6.40. The molecule has 0 spiro atoms. The Labute approximate surface area is 83.6 Å². The minimum atomic E-state index is -6.77. The van der Waals surface area contributed by atoms with Crippen molar-refractivity contribution in [2.24, 2.45) is 0 Å². The summed E-state index contributed by atoms with van der Waals surface area (Å²) in [7, 11) is 0. The average molecular weight is 226 g/mol. The molecule has 0 aliphatic rings. The molecule has 0 aliphatic carbocycles. The summed E-state index contributed by atoms with van der Waals surface area (Å²) >= 11 is 0. The first-order chi connectivity index (χ1) is 5.44. The Kier molecular flexibility index (Phi) is 4.95. The van der Waals surface area contributed by atoms with Crippen LogP contribution in [0.4, 0.5) is 39.5 Å². The molecule has 0 saturated heterocycles. The summed E-state index contributed by atoms with van der Waals surface area (Å²) in [5, 5.41) is 0. The van der Waals surface area contributed by atoms with Gasteiger partial charge in [-0.25, -0.2) is 8.78 Å². The molecular formula is C4F9Li. The largest absolute Gasteiger partial charge is 1.00 e. The summed E-state index contributed by atoms with van der Waals surface area (Å²) in [4.78, 5) is 0. The second kappa shape index (κ2) is 4.22. The smallest absolute Gasteiger partial charge is 0.415 e. The molecule has 0 atom stereocenters. The van der Waals surface area contributed by atoms with Gasteiger partial charge in [-0.15, -0.1) is 0 Å². The zero-order valence-corrected chi connectivity index (χ0v) is 6.40. The first-order valence-corrected chi connectivity index (χ1v) is 2.45. The van der Waals surface area contributed by atoms with Crippen LogP contribution in [0.25, 0.3) is 0 Å². The fourth-order valence-electron chi connectivity index (χ4n) is 0.297. The van der Waals surface area contributed by atoms with Crippen LogP contribution in [0.2, 0.25) is 0 Å². The first kappa shape index (κ1) is 16.4. The van der Waals surface area contributed by atoms with Crippen LogP contribution in [0.15, 0.2) is 0 Å². The zero-order chi connectivity index (χ0) is 11.1. The van der Waals surface area contributed by atoms with E-state index in [9.17, 15) is 39.5 Å². The molecule has 80 valence electrons. The quantitative estimate of drug-likeness (QED) is 0.359. The second-order valence-corrected chi connectivity index (χ2v) is 1.91. The Hall–Kier alpha value is -0.0326. The molecule has 0 aromatic carbocycles. The van der Waals surface area contributed by atoms with E-state index in [1.807, 2.05) is 0 Å². The van der Waals surface area contributed by atoms with Crippen molar-refractivity contribution in [3.05, 3.63) is 6.43 Å². The fourth-order valence-corrected chi connectivity index (χ4v) is 0.297. The standard InChI is InChI=1S/C4F9.Li/c5-1(6)2(7,8)3(9,10)4(11,12)13;/q-1;+1. The summed E-state index contributed by atoms with van der Waals surface area (Å²) in [5.41, 5.74) is 0. The topological polar surface area (TPSA) is 0 Å². The Morgan fingerprint density at radius 1 is 0.714 bits per heavy atom. The van der Waals surface area contributed by atoms with Crippen LogP contribution >= 0.6 is 0 Å². The molecule has 14 heavy (non-hydrogen) atoms. The SMILES string of the molecule is F[C-](F)C(F)(F)C(F)(F)C(F)(F)F.[Li+]. The summed E-state index contributed by atoms with van der Waals surface area (Å²) in [6.07, 6.45) is -11.0. The molecular weight excluding hydrogens is 226 g/mol. The Bertz CT molecular complexity index is 182. The van der Waals surface area contributed by atoms with Crippen molar-refractivity contribution in [3.8, 4) is 0 Å². The normalized spacial score (nSPS) is 14.1. The van der Waals surface area contributed by atoms with Crippen LogP contribution in [-0.2, 0) is 0 Å². The summed E-state index contributed by atoms with van der Waals surface area (Å²) in [6.45, 7) is 0. The van der Waals surface area contributed by atoms with Crippen molar-refractivity contribution in [1.82, 2.24) is 0 Å². The molecule has 0 unspecified atom stereocenters. The van der Waals surface area contributed by atoms with Crippen molar-refractivity contribution in [3.63, 3.8) is 0 Å². The molecule has 0 saturated carbocycles. The predicted octanol–water partition coefficient (Wildman–Crippen LogP) is 0.252. The molecule has 0 nitrogen and oxygen atoms in total. The van der Waals surface area contributed by atoms with E-state index in [4.69, 9.17) is 0 Å². The van der Waals surface area contributed by atoms with Crippen LogP contribution < -0.4 is 18.9 Å². The van der Waals surface area contributed by atoms with Gasteiger partial charge in [0.1, 0.15) is 0 Å². The van der Waals surface area contributed by atoms with Gasteiger partial charge >= 0.3 is 31.0 Å². The van der Waals surface area contributed by atoms with E-state index in [1.165, 1.54) is 0 Å². The third kappa shape index (κ3) is 2.51. The van der Waals surface area contributed by atoms with Crippen molar-refractivity contribution in [2.75, 3.05) is 0 Å². The fraction of sp³-hybridized carbons (Fsp3) is 0.750. The molecule has 0 aromatic heterocycles. The molecule has 0 bridgehead atoms. The summed E-state index contributed by atoms with van der Waals surface area (Å²) in [5.74, 6) is -13.3. The third-order valence-corrected chi connectivity index (χ3v) is 0.988. The van der Waals surface area contributed by atoms with Gasteiger partial charge in [-0.2, -0.15) is 22.0 Å². The molecule has 0 aliphatic heterocycles. The van der Waals surface area contributed by atoms with Crippen molar-refractivity contribution in [2.45, 2.75) is 18.0 Å². The molecule has 0 fully saturated rings. The number of rotatable bonds is 2. The molecule has 0 N–H and O–H groups in total. The van der Waals surface area contributed by atoms with Crippen LogP contribution in [0.1, 0.15) is 0 Å². The monoisotopic (exact) mass is 226 g/mol. The van der Waals surface area contributed by atoms with Gasteiger partial charge in [0, 0.05) is 0 Å². The van der Waals surface area contributed by atoms with Crippen LogP contribution in [0.3, 0.4) is 0 Å². The van der Waals surface area contributed by atoms with E-state index in [-0.39, 0.29) is 18.9 Å². The van der Waals surface area contributed by atoms with E-state index in [0.29, 0.717) is 0 Å². The molecule has 0 radical (unpaired) electrons. The van der Waals surface area contributed by atoms with Gasteiger partial charge in [-0.1, -0.05) is 0 Å². The van der Waals surface area contributed by atoms with E-state index in [2.05, 4.69) is 0 Å². The average Bonchev–Trinajstić information content (AvgIpc) is 1.84. The van der Waals surface area contributed by atoms with Gasteiger partial charge in [0.05, 0.1) is 6.43 Å². The Morgan fingerprint density at radius 2 is 1.00 bits per heavy atom. The van der Waals surface area contributed by atoms with Crippen LogP contribution in [-0.4, -0.2) is 18.0 Å². The second-order valence-electron chi connectivity index (χ2n) is 1.91. The van der Waals surface area contributed by atoms with E-state index in [1.54, 1.807) is 0 Å². The molecule has 10 heteroatoms. The van der Waals surface area contributed by atoms with Gasteiger partial charge in [-0.05, 0) is 0 Å². The maximum absolute atomic E-state index is 11.6. The molecule has 0 amide bonds. The minimum Gasteiger partial charge on any atom is -0.415 e. The number of halogens is 9. The van der Waals surface area contributed by atoms with Gasteiger partial charge < -0.3 is 8.78 Å². The van der Waals surface area contributed by atoms with Gasteiger partial charge in [-0.3, -0.25) is 0 Å². The number of hydrogen-bond donors (Lipinski definition) is 0. The molecule has 0 rings (SSSR count). The van der Waals surface area contributed by atoms with Gasteiger partial charge in [0.2, 0.25) is 0 Å². The number of hydrogen-bond acceptors (Lipinski definition) is 0. The summed E-state index contributed by atoms with van der Waals surface area (Å²) in [6, 6.07) is 0. The Morgan fingerprint density at radius 3 is 1.07 bits per heavy atom. The first-order valence-electron chi connectivity index (χ1n) is 2.45. The minimum absolute atomic E-state index is 0. The Balaban J connectivity index is 0. The molecule has 0 heterocycles. The van der Waals surface area contributed by atoms with E-state index >= 15 is 0 Å². The van der Waals surface area contributed by atoms with E-state index < -0.39 is 24.4 Å². The van der Waals surface area contributed by atoms with Crippen molar-refractivity contribution >= 4 is 0 Å². The summed E-state index contributed by atoms with van der Waals surface area (Å²) < 4.78 is 102. The van der Waals surface area contributed by atoms with Crippen LogP contribution in [0, 0.1) is 6.43 Å². The third-order valence-electron chi connectivity index (χ3n) is 0.988. The van der Waals surface area contributed by atoms with E-state index in [0.717, 1.165) is 0 Å². The number of alkyl halides is 7.